The summed E-state index contributed by atoms with van der Waals surface area (Å²) in [6.45, 7) is -0.0109. The van der Waals surface area contributed by atoms with Crippen LogP contribution in [0.3, 0.4) is 0 Å². The van der Waals surface area contributed by atoms with Gasteiger partial charge in [-0.05, 0) is 23.3 Å². The van der Waals surface area contributed by atoms with Crippen molar-refractivity contribution in [3.05, 3.63) is 65.2 Å². The molecule has 5 nitrogen and oxygen atoms in total. The molecule has 0 unspecified atom stereocenters. The number of benzene rings is 1. The molecule has 1 aliphatic rings. The van der Waals surface area contributed by atoms with Crippen molar-refractivity contribution in [2.45, 2.75) is 25.1 Å². The molecular formula is C16H16FN3O2. The number of aliphatic hydroxyl groups is 1. The second-order valence-corrected chi connectivity index (χ2v) is 5.21. The van der Waals surface area contributed by atoms with Gasteiger partial charge in [0.2, 0.25) is 0 Å². The van der Waals surface area contributed by atoms with Crippen molar-refractivity contribution in [1.82, 2.24) is 15.6 Å². The first-order chi connectivity index (χ1) is 10.6. The van der Waals surface area contributed by atoms with Crippen LogP contribution >= 0.6 is 0 Å². The van der Waals surface area contributed by atoms with Gasteiger partial charge in [-0.1, -0.05) is 24.3 Å². The zero-order chi connectivity index (χ0) is 15.5. The van der Waals surface area contributed by atoms with Crippen LogP contribution in [-0.4, -0.2) is 22.2 Å². The lowest BCUT2D eigenvalue weighted by molar-refractivity contribution is 0.142. The van der Waals surface area contributed by atoms with Gasteiger partial charge in [-0.25, -0.2) is 9.18 Å². The molecule has 0 saturated heterocycles. The minimum atomic E-state index is -0.658. The number of rotatable bonds is 3. The third-order valence-electron chi connectivity index (χ3n) is 3.74. The van der Waals surface area contributed by atoms with Gasteiger partial charge in [0.15, 0.2) is 0 Å². The molecule has 0 aliphatic heterocycles. The summed E-state index contributed by atoms with van der Waals surface area (Å²) in [5.74, 6) is -0.464. The summed E-state index contributed by atoms with van der Waals surface area (Å²) < 4.78 is 13.4. The Morgan fingerprint density at radius 3 is 2.95 bits per heavy atom. The number of carbonyl (C=O) groups excluding carboxylic acids is 1. The number of aromatic nitrogens is 1. The molecule has 6 heteroatoms. The normalized spacial score (nSPS) is 19.5. The molecule has 3 N–H and O–H groups in total. The largest absolute Gasteiger partial charge is 0.390 e. The number of carbonyl (C=O) groups is 1. The molecule has 1 aromatic heterocycles. The quantitative estimate of drug-likeness (QED) is 0.807. The highest BCUT2D eigenvalue weighted by atomic mass is 19.1. The summed E-state index contributed by atoms with van der Waals surface area (Å²) in [6.07, 6.45) is 1.32. The maximum Gasteiger partial charge on any atom is 0.315 e. The third kappa shape index (κ3) is 2.92. The molecule has 1 heterocycles. The molecule has 0 bridgehead atoms. The summed E-state index contributed by atoms with van der Waals surface area (Å²) in [7, 11) is 0. The van der Waals surface area contributed by atoms with Crippen molar-refractivity contribution < 1.29 is 14.3 Å². The summed E-state index contributed by atoms with van der Waals surface area (Å²) >= 11 is 0. The Morgan fingerprint density at radius 1 is 1.32 bits per heavy atom. The van der Waals surface area contributed by atoms with E-state index in [1.807, 2.05) is 24.3 Å². The standard InChI is InChI=1S/C16H16FN3O2/c17-12-6-3-7-18-13(12)9-19-16(22)20-15-11-5-2-1-4-10(11)8-14(15)21/h1-7,14-15,21H,8-9H2,(H2,19,20,22)/t14-,15-/m1/s1. The number of urea groups is 1. The van der Waals surface area contributed by atoms with Gasteiger partial charge in [0.25, 0.3) is 0 Å². The van der Waals surface area contributed by atoms with E-state index in [2.05, 4.69) is 15.6 Å². The van der Waals surface area contributed by atoms with Gasteiger partial charge < -0.3 is 15.7 Å². The van der Waals surface area contributed by atoms with Crippen molar-refractivity contribution in [3.63, 3.8) is 0 Å². The van der Waals surface area contributed by atoms with Gasteiger partial charge in [0.05, 0.1) is 24.4 Å². The molecule has 0 radical (unpaired) electrons. The predicted octanol–water partition coefficient (Wildman–Crippen LogP) is 1.68. The number of halogens is 1. The number of hydrogen-bond donors (Lipinski definition) is 3. The molecule has 22 heavy (non-hydrogen) atoms. The molecule has 0 saturated carbocycles. The first-order valence-electron chi connectivity index (χ1n) is 7.05. The molecule has 2 atom stereocenters. The molecule has 1 aromatic carbocycles. The summed E-state index contributed by atoms with van der Waals surface area (Å²) in [5, 5.41) is 15.4. The van der Waals surface area contributed by atoms with E-state index in [0.717, 1.165) is 11.1 Å². The number of fused-ring (bicyclic) bond motifs is 1. The van der Waals surface area contributed by atoms with Gasteiger partial charge in [-0.15, -0.1) is 0 Å². The van der Waals surface area contributed by atoms with Crippen LogP contribution in [0, 0.1) is 5.82 Å². The van der Waals surface area contributed by atoms with Crippen molar-refractivity contribution in [2.24, 2.45) is 0 Å². The lowest BCUT2D eigenvalue weighted by Crippen LogP contribution is -2.40. The molecule has 2 amide bonds. The Labute approximate surface area is 127 Å². The van der Waals surface area contributed by atoms with Crippen LogP contribution in [0.25, 0.3) is 0 Å². The number of pyridine rings is 1. The maximum absolute atomic E-state index is 13.4. The highest BCUT2D eigenvalue weighted by Gasteiger charge is 2.31. The van der Waals surface area contributed by atoms with E-state index < -0.39 is 24.0 Å². The Kier molecular flexibility index (Phi) is 4.02. The second-order valence-electron chi connectivity index (χ2n) is 5.21. The Hall–Kier alpha value is -2.47. The van der Waals surface area contributed by atoms with E-state index in [4.69, 9.17) is 0 Å². The number of amides is 2. The maximum atomic E-state index is 13.4. The van der Waals surface area contributed by atoms with Crippen LogP contribution in [0.2, 0.25) is 0 Å². The van der Waals surface area contributed by atoms with Crippen molar-refractivity contribution in [3.8, 4) is 0 Å². The monoisotopic (exact) mass is 301 g/mol. The molecule has 2 aromatic rings. The molecule has 114 valence electrons. The zero-order valence-corrected chi connectivity index (χ0v) is 11.8. The molecular weight excluding hydrogens is 285 g/mol. The molecule has 3 rings (SSSR count). The van der Waals surface area contributed by atoms with Crippen LogP contribution in [0.15, 0.2) is 42.6 Å². The van der Waals surface area contributed by atoms with Gasteiger partial charge in [-0.2, -0.15) is 0 Å². The van der Waals surface area contributed by atoms with Crippen molar-refractivity contribution in [1.29, 1.82) is 0 Å². The van der Waals surface area contributed by atoms with Crippen LogP contribution in [0.5, 0.6) is 0 Å². The van der Waals surface area contributed by atoms with E-state index in [9.17, 15) is 14.3 Å². The van der Waals surface area contributed by atoms with Crippen molar-refractivity contribution >= 4 is 6.03 Å². The number of nitrogens with one attached hydrogen (secondary N) is 2. The summed E-state index contributed by atoms with van der Waals surface area (Å²) in [4.78, 5) is 15.8. The molecule has 0 fully saturated rings. The average Bonchev–Trinajstić information content (AvgIpc) is 2.83. The smallest absolute Gasteiger partial charge is 0.315 e. The lowest BCUT2D eigenvalue weighted by atomic mass is 10.1. The fourth-order valence-corrected chi connectivity index (χ4v) is 2.65. The third-order valence-corrected chi connectivity index (χ3v) is 3.74. The van der Waals surface area contributed by atoms with Gasteiger partial charge in [-0.3, -0.25) is 4.98 Å². The molecule has 1 aliphatic carbocycles. The Bertz CT molecular complexity index is 693. The Morgan fingerprint density at radius 2 is 2.14 bits per heavy atom. The fraction of sp³-hybridized carbons (Fsp3) is 0.250. The topological polar surface area (TPSA) is 74.2 Å². The summed E-state index contributed by atoms with van der Waals surface area (Å²) in [6, 6.07) is 9.44. The predicted molar refractivity (Wildman–Crippen MR) is 78.5 cm³/mol. The number of aliphatic hydroxyl groups excluding tert-OH is 1. The van der Waals surface area contributed by atoms with E-state index in [1.54, 1.807) is 0 Å². The minimum absolute atomic E-state index is 0.0109. The van der Waals surface area contributed by atoms with Crippen molar-refractivity contribution in [2.75, 3.05) is 0 Å². The van der Waals surface area contributed by atoms with Gasteiger partial charge in [0.1, 0.15) is 5.82 Å². The van der Waals surface area contributed by atoms with Crippen LogP contribution in [0.4, 0.5) is 9.18 Å². The first-order valence-corrected chi connectivity index (χ1v) is 7.05. The number of hydrogen-bond acceptors (Lipinski definition) is 3. The number of nitrogens with zero attached hydrogens (tertiary/aromatic N) is 1. The average molecular weight is 301 g/mol. The molecule has 0 spiro atoms. The zero-order valence-electron chi connectivity index (χ0n) is 11.8. The van der Waals surface area contributed by atoms with Crippen LogP contribution in [0.1, 0.15) is 22.9 Å². The SMILES string of the molecule is O=C(NCc1ncccc1F)N[C@@H]1c2ccccc2C[C@H]1O. The van der Waals surface area contributed by atoms with Crippen LogP contribution in [-0.2, 0) is 13.0 Å². The van der Waals surface area contributed by atoms with Gasteiger partial charge in [0, 0.05) is 12.6 Å². The van der Waals surface area contributed by atoms with E-state index in [0.29, 0.717) is 6.42 Å². The Balaban J connectivity index is 1.62. The van der Waals surface area contributed by atoms with Gasteiger partial charge >= 0.3 is 6.03 Å². The highest BCUT2D eigenvalue weighted by Crippen LogP contribution is 2.30. The highest BCUT2D eigenvalue weighted by molar-refractivity contribution is 5.74. The minimum Gasteiger partial charge on any atom is -0.390 e. The first kappa shape index (κ1) is 14.5. The summed E-state index contributed by atoms with van der Waals surface area (Å²) in [5.41, 5.74) is 2.11. The second kappa shape index (κ2) is 6.11. The fourth-order valence-electron chi connectivity index (χ4n) is 2.65. The van der Waals surface area contributed by atoms with Crippen LogP contribution < -0.4 is 10.6 Å². The van der Waals surface area contributed by atoms with E-state index >= 15 is 0 Å². The van der Waals surface area contributed by atoms with E-state index in [-0.39, 0.29) is 12.2 Å². The van der Waals surface area contributed by atoms with E-state index in [1.165, 1.54) is 18.3 Å². The lowest BCUT2D eigenvalue weighted by Gasteiger charge is -2.18.